The van der Waals surface area contributed by atoms with Crippen LogP contribution in [-0.4, -0.2) is 45.9 Å². The predicted molar refractivity (Wildman–Crippen MR) is 119 cm³/mol. The molecule has 1 aliphatic carbocycles. The quantitative estimate of drug-likeness (QED) is 0.411. The van der Waals surface area contributed by atoms with E-state index in [1.165, 1.54) is 19.3 Å². The fourth-order valence-electron chi connectivity index (χ4n) is 4.44. The lowest BCUT2D eigenvalue weighted by Gasteiger charge is -2.53. The molecule has 0 N–H and O–H groups in total. The van der Waals surface area contributed by atoms with Crippen molar-refractivity contribution in [1.29, 1.82) is 0 Å². The van der Waals surface area contributed by atoms with Crippen molar-refractivity contribution < 1.29 is 0 Å². The Bertz CT molecular complexity index is 844. The highest BCUT2D eigenvalue weighted by Crippen LogP contribution is 2.38. The molecule has 1 aliphatic rings. The first-order valence-corrected chi connectivity index (χ1v) is 11.2. The molecule has 0 atom stereocenters. The third kappa shape index (κ3) is 5.14. The van der Waals surface area contributed by atoms with Crippen molar-refractivity contribution in [2.45, 2.75) is 57.4 Å². The van der Waals surface area contributed by atoms with Crippen molar-refractivity contribution in [3.05, 3.63) is 90.3 Å². The molecule has 0 spiro atoms. The van der Waals surface area contributed by atoms with Crippen LogP contribution < -0.4 is 0 Å². The third-order valence-corrected chi connectivity index (χ3v) is 6.66. The normalized spacial score (nSPS) is 16.1. The summed E-state index contributed by atoms with van der Waals surface area (Å²) in [6, 6.07) is 18.5. The van der Waals surface area contributed by atoms with Gasteiger partial charge in [-0.1, -0.05) is 37.5 Å². The van der Waals surface area contributed by atoms with Crippen molar-refractivity contribution in [2.24, 2.45) is 0 Å². The second kappa shape index (κ2) is 10.3. The van der Waals surface area contributed by atoms with Gasteiger partial charge in [0.25, 0.3) is 16.5 Å². The van der Waals surface area contributed by atoms with Gasteiger partial charge in [-0.2, -0.15) is 0 Å². The topological polar surface area (TPSA) is 45.2 Å². The predicted octanol–water partition coefficient (Wildman–Crippen LogP) is 4.12. The molecule has 1 saturated carbocycles. The summed E-state index contributed by atoms with van der Waals surface area (Å²) in [6.45, 7) is 2.39. The highest BCUT2D eigenvalue weighted by molar-refractivity contribution is 6.04. The molecule has 0 aliphatic heterocycles. The van der Waals surface area contributed by atoms with Crippen molar-refractivity contribution >= 4 is 16.5 Å². The summed E-state index contributed by atoms with van der Waals surface area (Å²) in [7, 11) is 0. The van der Waals surface area contributed by atoms with E-state index >= 15 is 0 Å². The minimum absolute atomic E-state index is 0.0739. The maximum atomic E-state index is 4.63. The molecule has 30 heavy (non-hydrogen) atoms. The van der Waals surface area contributed by atoms with Gasteiger partial charge in [0, 0.05) is 38.2 Å². The third-order valence-electron chi connectivity index (χ3n) is 5.99. The average Bonchev–Trinajstić information content (AvgIpc) is 2.81. The van der Waals surface area contributed by atoms with Crippen LogP contribution in [0.3, 0.4) is 0 Å². The van der Waals surface area contributed by atoms with Crippen molar-refractivity contribution in [3.8, 4) is 0 Å². The summed E-state index contributed by atoms with van der Waals surface area (Å²) in [5.74, 6) is 0. The molecular formula is C24H28AlN5. The molecule has 0 aromatic carbocycles. The minimum Gasteiger partial charge on any atom is -0.381 e. The Kier molecular flexibility index (Phi) is 7.25. The van der Waals surface area contributed by atoms with E-state index in [2.05, 4.69) is 76.6 Å². The first-order chi connectivity index (χ1) is 14.8. The molecule has 0 bridgehead atoms. The van der Waals surface area contributed by atoms with Crippen LogP contribution >= 0.6 is 0 Å². The van der Waals surface area contributed by atoms with Gasteiger partial charge in [-0.3, -0.25) is 19.9 Å². The summed E-state index contributed by atoms with van der Waals surface area (Å²) in [5.41, 5.74) is 3.20. The lowest BCUT2D eigenvalue weighted by molar-refractivity contribution is -0.0571. The maximum absolute atomic E-state index is 4.63. The Morgan fingerprint density at radius 3 is 1.57 bits per heavy atom. The average molecular weight is 414 g/mol. The van der Waals surface area contributed by atoms with E-state index in [9.17, 15) is 0 Å². The van der Waals surface area contributed by atoms with Crippen LogP contribution in [0.15, 0.2) is 73.2 Å². The molecule has 0 unspecified atom stereocenters. The van der Waals surface area contributed by atoms with Crippen LogP contribution in [0.2, 0.25) is 0 Å². The van der Waals surface area contributed by atoms with E-state index in [0.29, 0.717) is 0 Å². The standard InChI is InChI=1S/C24H28N5.Al/c1-5-13-24(14-6-1,28-18-21-10-2-7-15-25-21)29(19-22-11-3-8-16-26-22)20-23-12-4-9-17-27-23;/h2-4,7-12,15-17H,1,5-6,13-14,18-20H2;/q-1;+1. The number of nitrogens with zero attached hydrogens (tertiary/aromatic N) is 5. The summed E-state index contributed by atoms with van der Waals surface area (Å²) in [6.07, 6.45) is 11.7. The van der Waals surface area contributed by atoms with E-state index in [1.807, 2.05) is 36.8 Å². The molecule has 2 radical (unpaired) electrons. The molecule has 3 aromatic heterocycles. The van der Waals surface area contributed by atoms with Crippen molar-refractivity contribution in [2.75, 3.05) is 0 Å². The van der Waals surface area contributed by atoms with Gasteiger partial charge in [0.05, 0.1) is 22.7 Å². The zero-order chi connectivity index (χ0) is 20.7. The smallest absolute Gasteiger partial charge is 0.259 e. The van der Waals surface area contributed by atoms with E-state index < -0.39 is 0 Å². The van der Waals surface area contributed by atoms with Gasteiger partial charge in [-0.05, 0) is 49.2 Å². The minimum atomic E-state index is -0.0739. The molecule has 6 heteroatoms. The molecule has 1 fully saturated rings. The molecule has 5 nitrogen and oxygen atoms in total. The molecular weight excluding hydrogens is 385 g/mol. The van der Waals surface area contributed by atoms with Gasteiger partial charge in [0.1, 0.15) is 0 Å². The Balaban J connectivity index is 1.66. The second-order valence-corrected chi connectivity index (χ2v) is 8.61. The monoisotopic (exact) mass is 413 g/mol. The van der Waals surface area contributed by atoms with Crippen LogP contribution in [0.1, 0.15) is 49.2 Å². The van der Waals surface area contributed by atoms with Gasteiger partial charge in [0.15, 0.2) is 0 Å². The van der Waals surface area contributed by atoms with Gasteiger partial charge >= 0.3 is 0 Å². The number of hydrogen-bond donors (Lipinski definition) is 0. The Labute approximate surface area is 187 Å². The highest BCUT2D eigenvalue weighted by atomic mass is 27.1. The van der Waals surface area contributed by atoms with Crippen molar-refractivity contribution in [3.63, 3.8) is 0 Å². The molecule has 152 valence electrons. The Morgan fingerprint density at radius 2 is 1.13 bits per heavy atom. The van der Waals surface area contributed by atoms with Crippen LogP contribution in [0.5, 0.6) is 0 Å². The molecule has 3 heterocycles. The van der Waals surface area contributed by atoms with Crippen LogP contribution in [0, 0.1) is 0 Å². The van der Waals surface area contributed by atoms with E-state index in [0.717, 1.165) is 49.6 Å². The second-order valence-electron chi connectivity index (χ2n) is 7.99. The Hall–Kier alpha value is -2.10. The summed E-state index contributed by atoms with van der Waals surface area (Å²) >= 11 is 3.02. The zero-order valence-corrected chi connectivity index (χ0v) is 18.6. The van der Waals surface area contributed by atoms with E-state index in [1.54, 1.807) is 0 Å². The number of rotatable bonds is 8. The summed E-state index contributed by atoms with van der Waals surface area (Å²) < 4.78 is 2.43. The number of aromatic nitrogens is 3. The highest BCUT2D eigenvalue weighted by Gasteiger charge is 2.40. The maximum Gasteiger partial charge on any atom is 0.259 e. The number of pyridine rings is 3. The first kappa shape index (κ1) is 21.1. The summed E-state index contributed by atoms with van der Waals surface area (Å²) in [5, 5.41) is 0. The zero-order valence-electron chi connectivity index (χ0n) is 17.4. The number of hydrogen-bond acceptors (Lipinski definition) is 5. The van der Waals surface area contributed by atoms with Crippen LogP contribution in [0.25, 0.3) is 0 Å². The fourth-order valence-corrected chi connectivity index (χ4v) is 5.05. The van der Waals surface area contributed by atoms with Gasteiger partial charge in [-0.15, -0.1) is 0 Å². The van der Waals surface area contributed by atoms with E-state index in [-0.39, 0.29) is 5.66 Å². The van der Waals surface area contributed by atoms with Crippen LogP contribution in [0.4, 0.5) is 0 Å². The Morgan fingerprint density at radius 1 is 0.667 bits per heavy atom. The van der Waals surface area contributed by atoms with Gasteiger partial charge in [-0.25, -0.2) is 0 Å². The largest absolute Gasteiger partial charge is 0.381 e. The molecule has 3 aromatic rings. The first-order valence-electron chi connectivity index (χ1n) is 10.7. The van der Waals surface area contributed by atoms with Crippen LogP contribution in [-0.2, 0) is 19.6 Å². The lowest BCUT2D eigenvalue weighted by atomic mass is 9.86. The van der Waals surface area contributed by atoms with Crippen molar-refractivity contribution in [1.82, 2.24) is 23.7 Å². The molecule has 0 saturated heterocycles. The van der Waals surface area contributed by atoms with Gasteiger partial charge < -0.3 is 3.88 Å². The lowest BCUT2D eigenvalue weighted by Crippen LogP contribution is -2.60. The SMILES string of the molecule is [Al][N](Cc1ccccn1)C1(N(Cc2ccccn2)Cc2ccccn2)CCCCC1. The molecule has 4 rings (SSSR count). The molecule has 0 amide bonds. The fraction of sp³-hybridized carbons (Fsp3) is 0.375. The summed E-state index contributed by atoms with van der Waals surface area (Å²) in [4.78, 5) is 16.4. The van der Waals surface area contributed by atoms with E-state index in [4.69, 9.17) is 0 Å². The van der Waals surface area contributed by atoms with Gasteiger partial charge in [0.2, 0.25) is 0 Å².